The van der Waals surface area contributed by atoms with Crippen LogP contribution in [0.5, 0.6) is 0 Å². The van der Waals surface area contributed by atoms with Crippen molar-refractivity contribution in [3.63, 3.8) is 0 Å². The van der Waals surface area contributed by atoms with Crippen LogP contribution < -0.4 is 10.6 Å². The highest BCUT2D eigenvalue weighted by Gasteiger charge is 2.08. The van der Waals surface area contributed by atoms with E-state index >= 15 is 0 Å². The Hall–Kier alpha value is -2.37. The summed E-state index contributed by atoms with van der Waals surface area (Å²) < 4.78 is 2.09. The van der Waals surface area contributed by atoms with Gasteiger partial charge >= 0.3 is 0 Å². The average molecular weight is 301 g/mol. The number of anilines is 1. The number of nitrogens with one attached hydrogen (secondary N) is 2. The third kappa shape index (κ3) is 4.07. The summed E-state index contributed by atoms with van der Waals surface area (Å²) in [7, 11) is 0. The van der Waals surface area contributed by atoms with Crippen LogP contribution in [0.2, 0.25) is 0 Å². The van der Waals surface area contributed by atoms with Crippen molar-refractivity contribution >= 4 is 11.7 Å². The van der Waals surface area contributed by atoms with Crippen molar-refractivity contribution in [3.05, 3.63) is 41.6 Å². The molecular formula is C16H23N5O. The molecule has 0 saturated heterocycles. The maximum absolute atomic E-state index is 12.0. The second-order valence-corrected chi connectivity index (χ2v) is 5.59. The van der Waals surface area contributed by atoms with Gasteiger partial charge in [-0.15, -0.1) is 0 Å². The molecule has 2 aromatic rings. The topological polar surface area (TPSA) is 71.8 Å². The number of aromatic nitrogens is 3. The molecule has 0 radical (unpaired) electrons. The molecule has 0 saturated carbocycles. The van der Waals surface area contributed by atoms with E-state index in [1.165, 1.54) is 5.69 Å². The predicted octanol–water partition coefficient (Wildman–Crippen LogP) is 2.15. The van der Waals surface area contributed by atoms with E-state index in [1.54, 1.807) is 18.3 Å². The molecule has 6 heteroatoms. The summed E-state index contributed by atoms with van der Waals surface area (Å²) in [6.07, 6.45) is 3.48. The lowest BCUT2D eigenvalue weighted by molar-refractivity contribution is 0.0943. The van der Waals surface area contributed by atoms with Crippen LogP contribution in [0.25, 0.3) is 0 Å². The average Bonchev–Trinajstić information content (AvgIpc) is 2.79. The van der Waals surface area contributed by atoms with Crippen LogP contribution in [0.15, 0.2) is 24.7 Å². The van der Waals surface area contributed by atoms with Crippen molar-refractivity contribution in [2.24, 2.45) is 0 Å². The van der Waals surface area contributed by atoms with Gasteiger partial charge in [0.05, 0.1) is 12.0 Å². The molecule has 0 aliphatic carbocycles. The molecule has 0 spiro atoms. The van der Waals surface area contributed by atoms with Gasteiger partial charge in [0.15, 0.2) is 0 Å². The molecule has 0 aliphatic rings. The maximum Gasteiger partial charge on any atom is 0.251 e. The van der Waals surface area contributed by atoms with Crippen molar-refractivity contribution < 1.29 is 4.79 Å². The van der Waals surface area contributed by atoms with Gasteiger partial charge in [-0.25, -0.2) is 9.97 Å². The van der Waals surface area contributed by atoms with Gasteiger partial charge in [-0.3, -0.25) is 4.79 Å². The first-order valence-electron chi connectivity index (χ1n) is 7.46. The summed E-state index contributed by atoms with van der Waals surface area (Å²) >= 11 is 0. The van der Waals surface area contributed by atoms with Gasteiger partial charge in [-0.2, -0.15) is 0 Å². The summed E-state index contributed by atoms with van der Waals surface area (Å²) in [5, 5.41) is 6.11. The van der Waals surface area contributed by atoms with Crippen molar-refractivity contribution in [3.8, 4) is 0 Å². The monoisotopic (exact) mass is 301 g/mol. The summed E-state index contributed by atoms with van der Waals surface area (Å²) in [6, 6.07) is 3.60. The molecule has 1 amide bonds. The molecule has 0 unspecified atom stereocenters. The highest BCUT2D eigenvalue weighted by molar-refractivity contribution is 5.94. The minimum absolute atomic E-state index is 0.0819. The zero-order valence-electron chi connectivity index (χ0n) is 13.6. The Morgan fingerprint density at radius 2 is 2.09 bits per heavy atom. The van der Waals surface area contributed by atoms with E-state index in [4.69, 9.17) is 0 Å². The van der Waals surface area contributed by atoms with Crippen molar-refractivity contribution in [1.29, 1.82) is 0 Å². The minimum Gasteiger partial charge on any atom is -0.368 e. The molecule has 0 aromatic carbocycles. The number of hydrogen-bond donors (Lipinski definition) is 2. The van der Waals surface area contributed by atoms with Gasteiger partial charge in [-0.05, 0) is 39.8 Å². The fourth-order valence-electron chi connectivity index (χ4n) is 2.09. The Bertz CT molecular complexity index is 648. The van der Waals surface area contributed by atoms with Crippen LogP contribution in [0.4, 0.5) is 5.82 Å². The number of hydrogen-bond acceptors (Lipinski definition) is 4. The molecule has 2 rings (SSSR count). The standard InChI is InChI=1S/C16H23N5O/c1-11(2)20-16(22)14-5-6-17-15(9-14)18-7-8-21-10-19-12(3)13(21)4/h5-6,9-11H,7-8H2,1-4H3,(H,17,18)(H,20,22). The smallest absolute Gasteiger partial charge is 0.251 e. The SMILES string of the molecule is Cc1ncn(CCNc2cc(C(=O)NC(C)C)ccn2)c1C. The van der Waals surface area contributed by atoms with Gasteiger partial charge in [0.25, 0.3) is 5.91 Å². The van der Waals surface area contributed by atoms with Crippen molar-refractivity contribution in [1.82, 2.24) is 19.9 Å². The molecule has 2 N–H and O–H groups in total. The van der Waals surface area contributed by atoms with E-state index in [-0.39, 0.29) is 11.9 Å². The third-order valence-corrected chi connectivity index (χ3v) is 3.45. The number of amides is 1. The molecular weight excluding hydrogens is 278 g/mol. The second kappa shape index (κ2) is 7.06. The zero-order valence-corrected chi connectivity index (χ0v) is 13.6. The molecule has 0 aliphatic heterocycles. The fourth-order valence-corrected chi connectivity index (χ4v) is 2.09. The lowest BCUT2D eigenvalue weighted by Gasteiger charge is -2.11. The largest absolute Gasteiger partial charge is 0.368 e. The fraction of sp³-hybridized carbons (Fsp3) is 0.438. The number of imidazole rings is 1. The Morgan fingerprint density at radius 1 is 1.32 bits per heavy atom. The summed E-state index contributed by atoms with van der Waals surface area (Å²) in [5.41, 5.74) is 2.83. The molecule has 0 fully saturated rings. The first kappa shape index (κ1) is 16.0. The zero-order chi connectivity index (χ0) is 16.1. The number of carbonyl (C=O) groups is 1. The molecule has 2 heterocycles. The van der Waals surface area contributed by atoms with E-state index in [0.717, 1.165) is 18.8 Å². The maximum atomic E-state index is 12.0. The first-order chi connectivity index (χ1) is 10.5. The Balaban J connectivity index is 1.93. The van der Waals surface area contributed by atoms with E-state index in [1.807, 2.05) is 27.1 Å². The summed E-state index contributed by atoms with van der Waals surface area (Å²) in [4.78, 5) is 20.5. The van der Waals surface area contributed by atoms with Crippen LogP contribution >= 0.6 is 0 Å². The molecule has 2 aromatic heterocycles. The van der Waals surface area contributed by atoms with Crippen LogP contribution in [-0.4, -0.2) is 33.0 Å². The van der Waals surface area contributed by atoms with Crippen LogP contribution in [0.3, 0.4) is 0 Å². The van der Waals surface area contributed by atoms with Crippen LogP contribution in [0, 0.1) is 13.8 Å². The van der Waals surface area contributed by atoms with Gasteiger partial charge in [-0.1, -0.05) is 0 Å². The quantitative estimate of drug-likeness (QED) is 0.857. The Kier molecular flexibility index (Phi) is 5.14. The molecule has 0 bridgehead atoms. The molecule has 6 nitrogen and oxygen atoms in total. The van der Waals surface area contributed by atoms with Crippen LogP contribution in [-0.2, 0) is 6.54 Å². The Labute approximate surface area is 131 Å². The normalized spacial score (nSPS) is 10.8. The lowest BCUT2D eigenvalue weighted by atomic mass is 10.2. The van der Waals surface area contributed by atoms with Crippen molar-refractivity contribution in [2.75, 3.05) is 11.9 Å². The first-order valence-corrected chi connectivity index (χ1v) is 7.46. The van der Waals surface area contributed by atoms with Gasteiger partial charge in [0.2, 0.25) is 0 Å². The number of nitrogens with zero attached hydrogens (tertiary/aromatic N) is 3. The molecule has 0 atom stereocenters. The lowest BCUT2D eigenvalue weighted by Crippen LogP contribution is -2.30. The molecule has 22 heavy (non-hydrogen) atoms. The van der Waals surface area contributed by atoms with Gasteiger partial charge < -0.3 is 15.2 Å². The van der Waals surface area contributed by atoms with Gasteiger partial charge in [0, 0.05) is 36.6 Å². The predicted molar refractivity (Wildman–Crippen MR) is 87.0 cm³/mol. The Morgan fingerprint density at radius 3 is 2.73 bits per heavy atom. The highest BCUT2D eigenvalue weighted by atomic mass is 16.1. The van der Waals surface area contributed by atoms with E-state index < -0.39 is 0 Å². The van der Waals surface area contributed by atoms with Crippen LogP contribution in [0.1, 0.15) is 35.6 Å². The summed E-state index contributed by atoms with van der Waals surface area (Å²) in [5.74, 6) is 0.618. The number of pyridine rings is 1. The van der Waals surface area contributed by atoms with E-state index in [0.29, 0.717) is 11.4 Å². The van der Waals surface area contributed by atoms with E-state index in [2.05, 4.69) is 32.1 Å². The number of rotatable bonds is 6. The number of aryl methyl sites for hydroxylation is 1. The van der Waals surface area contributed by atoms with E-state index in [9.17, 15) is 4.79 Å². The minimum atomic E-state index is -0.0819. The van der Waals surface area contributed by atoms with Crippen molar-refractivity contribution in [2.45, 2.75) is 40.3 Å². The summed E-state index contributed by atoms with van der Waals surface area (Å²) in [6.45, 7) is 9.45. The molecule has 118 valence electrons. The number of carbonyl (C=O) groups excluding carboxylic acids is 1. The highest BCUT2D eigenvalue weighted by Crippen LogP contribution is 2.08. The second-order valence-electron chi connectivity index (χ2n) is 5.59. The van der Waals surface area contributed by atoms with Gasteiger partial charge in [0.1, 0.15) is 5.82 Å². The third-order valence-electron chi connectivity index (χ3n) is 3.45.